The zero-order valence-electron chi connectivity index (χ0n) is 13.6. The lowest BCUT2D eigenvalue weighted by Gasteiger charge is -2.10. The van der Waals surface area contributed by atoms with Crippen molar-refractivity contribution in [2.45, 2.75) is 20.8 Å². The Hall–Kier alpha value is -2.40. The molecule has 2 aromatic carbocycles. The van der Waals surface area contributed by atoms with Gasteiger partial charge in [-0.1, -0.05) is 35.6 Å². The van der Waals surface area contributed by atoms with Crippen LogP contribution in [0.1, 0.15) is 27.0 Å². The Bertz CT molecular complexity index is 860. The molecule has 0 radical (unpaired) electrons. The monoisotopic (exact) mass is 326 g/mol. The van der Waals surface area contributed by atoms with Crippen molar-refractivity contribution in [3.8, 4) is 5.75 Å². The molecular weight excluding hydrogens is 308 g/mol. The summed E-state index contributed by atoms with van der Waals surface area (Å²) in [4.78, 5) is 17.1. The highest BCUT2D eigenvalue weighted by Gasteiger charge is 2.16. The lowest BCUT2D eigenvalue weighted by Crippen LogP contribution is -2.13. The second-order valence-corrected chi connectivity index (χ2v) is 6.51. The van der Waals surface area contributed by atoms with Crippen molar-refractivity contribution < 1.29 is 9.53 Å². The minimum atomic E-state index is -0.208. The van der Waals surface area contributed by atoms with Gasteiger partial charge in [0.15, 0.2) is 5.13 Å². The minimum absolute atomic E-state index is 0.208. The molecule has 1 aromatic heterocycles. The molecule has 0 aliphatic rings. The topological polar surface area (TPSA) is 51.2 Å². The van der Waals surface area contributed by atoms with Crippen LogP contribution < -0.4 is 10.1 Å². The lowest BCUT2D eigenvalue weighted by molar-refractivity contribution is 0.102. The Balaban J connectivity index is 1.96. The molecule has 5 heteroatoms. The van der Waals surface area contributed by atoms with Gasteiger partial charge in [-0.05, 0) is 43.5 Å². The van der Waals surface area contributed by atoms with Crippen LogP contribution in [0.3, 0.4) is 0 Å². The maximum atomic E-state index is 12.6. The summed E-state index contributed by atoms with van der Waals surface area (Å²) in [6, 6.07) is 9.64. The van der Waals surface area contributed by atoms with Crippen LogP contribution in [0.5, 0.6) is 5.75 Å². The van der Waals surface area contributed by atoms with Crippen LogP contribution in [0, 0.1) is 20.8 Å². The van der Waals surface area contributed by atoms with Crippen LogP contribution in [0.15, 0.2) is 30.3 Å². The number of thiazole rings is 1. The molecule has 0 fully saturated rings. The molecule has 0 bridgehead atoms. The highest BCUT2D eigenvalue weighted by molar-refractivity contribution is 7.22. The average molecular weight is 326 g/mol. The van der Waals surface area contributed by atoms with Crippen LogP contribution in [0.2, 0.25) is 0 Å². The van der Waals surface area contributed by atoms with E-state index in [2.05, 4.69) is 23.3 Å². The summed E-state index contributed by atoms with van der Waals surface area (Å²) in [7, 11) is 1.57. The van der Waals surface area contributed by atoms with Crippen molar-refractivity contribution in [1.82, 2.24) is 4.98 Å². The molecule has 0 atom stereocenters. The number of carbonyl (C=O) groups is 1. The van der Waals surface area contributed by atoms with Gasteiger partial charge in [0.25, 0.3) is 5.91 Å². The number of nitrogens with one attached hydrogen (secondary N) is 1. The molecule has 1 amide bonds. The van der Waals surface area contributed by atoms with Crippen molar-refractivity contribution in [3.63, 3.8) is 0 Å². The molecule has 1 heterocycles. The third kappa shape index (κ3) is 2.80. The standard InChI is InChI=1S/C18H18N2O2S/c1-10-8-9-12(3)16-14(10)19-18(23-16)20-17(21)13-7-5-6-11(2)15(13)22-4/h5-9H,1-4H3,(H,19,20,21). The van der Waals surface area contributed by atoms with E-state index in [4.69, 9.17) is 4.74 Å². The fourth-order valence-corrected chi connectivity index (χ4v) is 3.59. The van der Waals surface area contributed by atoms with E-state index in [9.17, 15) is 4.79 Å². The Morgan fingerprint density at radius 3 is 2.52 bits per heavy atom. The van der Waals surface area contributed by atoms with Gasteiger partial charge >= 0.3 is 0 Å². The number of benzene rings is 2. The highest BCUT2D eigenvalue weighted by Crippen LogP contribution is 2.32. The number of aromatic nitrogens is 1. The molecular formula is C18H18N2O2S. The number of methoxy groups -OCH3 is 1. The van der Waals surface area contributed by atoms with Crippen molar-refractivity contribution >= 4 is 32.6 Å². The van der Waals surface area contributed by atoms with Crippen LogP contribution in [0.25, 0.3) is 10.2 Å². The molecule has 0 spiro atoms. The number of hydrogen-bond acceptors (Lipinski definition) is 4. The number of para-hydroxylation sites is 1. The second-order valence-electron chi connectivity index (χ2n) is 5.51. The van der Waals surface area contributed by atoms with E-state index in [1.54, 1.807) is 13.2 Å². The number of amides is 1. The van der Waals surface area contributed by atoms with E-state index in [1.807, 2.05) is 32.0 Å². The number of rotatable bonds is 3. The number of ether oxygens (including phenoxy) is 1. The van der Waals surface area contributed by atoms with Crippen LogP contribution in [-0.2, 0) is 0 Å². The van der Waals surface area contributed by atoms with E-state index >= 15 is 0 Å². The quantitative estimate of drug-likeness (QED) is 0.772. The van der Waals surface area contributed by atoms with Gasteiger partial charge in [0, 0.05) is 0 Å². The zero-order valence-corrected chi connectivity index (χ0v) is 14.4. The first-order valence-electron chi connectivity index (χ1n) is 7.33. The first-order valence-corrected chi connectivity index (χ1v) is 8.14. The summed E-state index contributed by atoms with van der Waals surface area (Å²) < 4.78 is 6.46. The van der Waals surface area contributed by atoms with Gasteiger partial charge in [0.2, 0.25) is 0 Å². The highest BCUT2D eigenvalue weighted by atomic mass is 32.1. The fourth-order valence-electron chi connectivity index (χ4n) is 2.58. The predicted octanol–water partition coefficient (Wildman–Crippen LogP) is 4.48. The predicted molar refractivity (Wildman–Crippen MR) is 94.8 cm³/mol. The molecule has 0 unspecified atom stereocenters. The number of nitrogens with zero attached hydrogens (tertiary/aromatic N) is 1. The summed E-state index contributed by atoms with van der Waals surface area (Å²) in [6.07, 6.45) is 0. The molecule has 0 aliphatic heterocycles. The zero-order chi connectivity index (χ0) is 16.6. The van der Waals surface area contributed by atoms with E-state index in [-0.39, 0.29) is 5.91 Å². The molecule has 4 nitrogen and oxygen atoms in total. The van der Waals surface area contributed by atoms with Crippen molar-refractivity contribution in [1.29, 1.82) is 0 Å². The number of hydrogen-bond donors (Lipinski definition) is 1. The van der Waals surface area contributed by atoms with Gasteiger partial charge in [0.1, 0.15) is 5.75 Å². The summed E-state index contributed by atoms with van der Waals surface area (Å²) in [6.45, 7) is 5.99. The van der Waals surface area contributed by atoms with Gasteiger partial charge < -0.3 is 4.74 Å². The third-order valence-electron chi connectivity index (χ3n) is 3.82. The molecule has 0 saturated heterocycles. The van der Waals surface area contributed by atoms with Crippen molar-refractivity contribution in [2.75, 3.05) is 12.4 Å². The maximum Gasteiger partial charge on any atom is 0.261 e. The minimum Gasteiger partial charge on any atom is -0.496 e. The molecule has 3 rings (SSSR count). The van der Waals surface area contributed by atoms with Crippen LogP contribution in [0.4, 0.5) is 5.13 Å². The second kappa shape index (κ2) is 6.01. The fraction of sp³-hybridized carbons (Fsp3) is 0.222. The summed E-state index contributed by atoms with van der Waals surface area (Å²) in [5, 5.41) is 3.50. The number of fused-ring (bicyclic) bond motifs is 1. The molecule has 0 aliphatic carbocycles. The largest absolute Gasteiger partial charge is 0.496 e. The molecule has 23 heavy (non-hydrogen) atoms. The third-order valence-corrected chi connectivity index (χ3v) is 4.93. The van der Waals surface area contributed by atoms with Gasteiger partial charge in [-0.2, -0.15) is 0 Å². The molecule has 3 aromatic rings. The van der Waals surface area contributed by atoms with E-state index in [0.717, 1.165) is 26.9 Å². The smallest absolute Gasteiger partial charge is 0.261 e. The average Bonchev–Trinajstić information content (AvgIpc) is 2.95. The van der Waals surface area contributed by atoms with E-state index < -0.39 is 0 Å². The Morgan fingerprint density at radius 1 is 1.09 bits per heavy atom. The van der Waals surface area contributed by atoms with Gasteiger partial charge in [-0.15, -0.1) is 0 Å². The molecule has 118 valence electrons. The maximum absolute atomic E-state index is 12.6. The van der Waals surface area contributed by atoms with Crippen molar-refractivity contribution in [3.05, 3.63) is 52.6 Å². The normalized spacial score (nSPS) is 10.8. The lowest BCUT2D eigenvalue weighted by atomic mass is 10.1. The Labute approximate surface area is 139 Å². The van der Waals surface area contributed by atoms with E-state index in [1.165, 1.54) is 11.3 Å². The molecule has 1 N–H and O–H groups in total. The summed E-state index contributed by atoms with van der Waals surface area (Å²) in [5.41, 5.74) is 4.66. The number of aryl methyl sites for hydroxylation is 3. The first kappa shape index (κ1) is 15.5. The Kier molecular flexibility index (Phi) is 4.05. The van der Waals surface area contributed by atoms with Crippen LogP contribution >= 0.6 is 11.3 Å². The molecule has 0 saturated carbocycles. The SMILES string of the molecule is COc1c(C)cccc1C(=O)Nc1nc2c(C)ccc(C)c2s1. The van der Waals surface area contributed by atoms with Gasteiger partial charge in [-0.25, -0.2) is 4.98 Å². The van der Waals surface area contributed by atoms with Gasteiger partial charge in [-0.3, -0.25) is 10.1 Å². The van der Waals surface area contributed by atoms with Gasteiger partial charge in [0.05, 0.1) is 22.9 Å². The van der Waals surface area contributed by atoms with Crippen molar-refractivity contribution in [2.24, 2.45) is 0 Å². The number of anilines is 1. The first-order chi connectivity index (χ1) is 11.0. The van der Waals surface area contributed by atoms with Crippen LogP contribution in [-0.4, -0.2) is 18.0 Å². The van der Waals surface area contributed by atoms with E-state index in [0.29, 0.717) is 16.4 Å². The summed E-state index contributed by atoms with van der Waals surface area (Å²) >= 11 is 1.49. The number of carbonyl (C=O) groups excluding carboxylic acids is 1. The Morgan fingerprint density at radius 2 is 1.83 bits per heavy atom. The summed E-state index contributed by atoms with van der Waals surface area (Å²) in [5.74, 6) is 0.387.